The molecule has 6 heteroatoms. The van der Waals surface area contributed by atoms with Crippen LogP contribution >= 0.6 is 0 Å². The van der Waals surface area contributed by atoms with Crippen LogP contribution in [0.25, 0.3) is 0 Å². The van der Waals surface area contributed by atoms with Crippen molar-refractivity contribution in [1.82, 2.24) is 0 Å². The molecule has 0 saturated heterocycles. The van der Waals surface area contributed by atoms with Crippen molar-refractivity contribution < 1.29 is 14.7 Å². The molecule has 1 rings (SSSR count). The van der Waals surface area contributed by atoms with Gasteiger partial charge in [0.25, 0.3) is 0 Å². The van der Waals surface area contributed by atoms with Crippen molar-refractivity contribution in [3.05, 3.63) is 24.3 Å². The SMILES string of the molecule is N=BOc1ccc([B]OO)cc1. The van der Waals surface area contributed by atoms with Crippen molar-refractivity contribution in [1.29, 1.82) is 5.31 Å². The van der Waals surface area contributed by atoms with Crippen LogP contribution in [0.15, 0.2) is 24.3 Å². The Bertz CT molecular complexity index is 251. The summed E-state index contributed by atoms with van der Waals surface area (Å²) in [6.07, 6.45) is 0. The van der Waals surface area contributed by atoms with Crippen molar-refractivity contribution >= 4 is 20.2 Å². The molecule has 1 radical (unpaired) electrons. The van der Waals surface area contributed by atoms with Gasteiger partial charge in [-0.25, -0.2) is 0 Å². The van der Waals surface area contributed by atoms with E-state index in [-0.39, 0.29) is 0 Å². The van der Waals surface area contributed by atoms with Crippen molar-refractivity contribution in [3.8, 4) is 5.75 Å². The molecule has 2 N–H and O–H groups in total. The summed E-state index contributed by atoms with van der Waals surface area (Å²) >= 11 is 0. The van der Waals surface area contributed by atoms with E-state index in [9.17, 15) is 0 Å². The van der Waals surface area contributed by atoms with Crippen LogP contribution in [-0.2, 0) is 4.81 Å². The van der Waals surface area contributed by atoms with Crippen LogP contribution in [0.2, 0.25) is 0 Å². The molecule has 0 bridgehead atoms. The van der Waals surface area contributed by atoms with E-state index in [4.69, 9.17) is 15.2 Å². The number of rotatable bonds is 4. The fourth-order valence-corrected chi connectivity index (χ4v) is 0.754. The van der Waals surface area contributed by atoms with Gasteiger partial charge in [0, 0.05) is 0 Å². The zero-order valence-electron chi connectivity index (χ0n) is 6.23. The van der Waals surface area contributed by atoms with Crippen LogP contribution in [0.3, 0.4) is 0 Å². The van der Waals surface area contributed by atoms with Gasteiger partial charge in [0.1, 0.15) is 0 Å². The Hall–Kier alpha value is -1.13. The van der Waals surface area contributed by atoms with Crippen LogP contribution < -0.4 is 10.1 Å². The van der Waals surface area contributed by atoms with Crippen LogP contribution in [-0.4, -0.2) is 20.0 Å². The quantitative estimate of drug-likeness (QED) is 0.377. The minimum absolute atomic E-state index is 0.570. The second-order valence-corrected chi connectivity index (χ2v) is 2.03. The van der Waals surface area contributed by atoms with Gasteiger partial charge in [-0.1, -0.05) is 0 Å². The average molecular weight is 162 g/mol. The number of hydrogen-bond donors (Lipinski definition) is 2. The molecule has 0 aliphatic rings. The van der Waals surface area contributed by atoms with Gasteiger partial charge in [-0.2, -0.15) is 0 Å². The molecule has 0 heterocycles. The summed E-state index contributed by atoms with van der Waals surface area (Å²) < 4.78 is 4.76. The Morgan fingerprint density at radius 3 is 2.42 bits per heavy atom. The third-order valence-electron chi connectivity index (χ3n) is 1.26. The summed E-state index contributed by atoms with van der Waals surface area (Å²) in [6.45, 7) is 0. The molecule has 0 aromatic heterocycles. The van der Waals surface area contributed by atoms with Gasteiger partial charge in [0.15, 0.2) is 0 Å². The molecule has 0 aliphatic heterocycles. The molecular formula is C6H6B2NO3. The summed E-state index contributed by atoms with van der Waals surface area (Å²) in [6, 6.07) is 6.70. The first-order valence-corrected chi connectivity index (χ1v) is 3.26. The third-order valence-corrected chi connectivity index (χ3v) is 1.26. The Morgan fingerprint density at radius 2 is 1.92 bits per heavy atom. The van der Waals surface area contributed by atoms with Gasteiger partial charge >= 0.3 is 70.3 Å². The summed E-state index contributed by atoms with van der Waals surface area (Å²) in [4.78, 5) is 3.82. The second-order valence-electron chi connectivity index (χ2n) is 2.03. The van der Waals surface area contributed by atoms with Crippen molar-refractivity contribution in [2.75, 3.05) is 0 Å². The Morgan fingerprint density at radius 1 is 1.25 bits per heavy atom. The topological polar surface area (TPSA) is 62.5 Å². The summed E-state index contributed by atoms with van der Waals surface area (Å²) in [7, 11) is 2.04. The minimum atomic E-state index is 0.570. The number of nitrogens with one attached hydrogen (secondary N) is 1. The molecule has 0 amide bonds. The van der Waals surface area contributed by atoms with Crippen molar-refractivity contribution in [2.45, 2.75) is 0 Å². The first-order valence-electron chi connectivity index (χ1n) is 3.26. The monoisotopic (exact) mass is 162 g/mol. The molecule has 1 aromatic rings. The molecule has 0 saturated carbocycles. The van der Waals surface area contributed by atoms with Crippen LogP contribution in [0.5, 0.6) is 5.75 Å². The van der Waals surface area contributed by atoms with Crippen molar-refractivity contribution in [3.63, 3.8) is 0 Å². The van der Waals surface area contributed by atoms with Gasteiger partial charge in [-0.05, 0) is 0 Å². The van der Waals surface area contributed by atoms with Crippen molar-refractivity contribution in [2.24, 2.45) is 0 Å². The van der Waals surface area contributed by atoms with Gasteiger partial charge in [0.05, 0.1) is 0 Å². The molecule has 1 aromatic carbocycles. The predicted molar refractivity (Wildman–Crippen MR) is 44.6 cm³/mol. The molecule has 0 aliphatic carbocycles. The molecule has 0 atom stereocenters. The Kier molecular flexibility index (Phi) is 3.50. The molecule has 0 fully saturated rings. The fraction of sp³-hybridized carbons (Fsp3) is 0. The first-order chi connectivity index (χ1) is 5.86. The molecule has 4 nitrogen and oxygen atoms in total. The molecule has 12 heavy (non-hydrogen) atoms. The van der Waals surface area contributed by atoms with Gasteiger partial charge in [0.2, 0.25) is 0 Å². The molecular weight excluding hydrogens is 156 g/mol. The number of hydrogen-bond acceptors (Lipinski definition) is 4. The zero-order chi connectivity index (χ0) is 8.81. The third kappa shape index (κ3) is 2.48. The summed E-state index contributed by atoms with van der Waals surface area (Å²) in [5.74, 6) is 0.570. The standard InChI is InChI=1S/C6H6B2NO3/c9-8-11-6-3-1-5(2-4-6)7-12-10/h1-4,9-10H. The fourth-order valence-electron chi connectivity index (χ4n) is 0.754. The molecule has 0 spiro atoms. The van der Waals surface area contributed by atoms with E-state index in [2.05, 4.69) is 4.81 Å². The van der Waals surface area contributed by atoms with E-state index >= 15 is 0 Å². The first kappa shape index (κ1) is 8.96. The van der Waals surface area contributed by atoms with E-state index in [1.165, 1.54) is 7.48 Å². The van der Waals surface area contributed by atoms with Gasteiger partial charge in [-0.15, -0.1) is 0 Å². The number of benzene rings is 1. The Balaban J connectivity index is 2.64. The van der Waals surface area contributed by atoms with Crippen LogP contribution in [0.4, 0.5) is 0 Å². The van der Waals surface area contributed by atoms with Gasteiger partial charge in [-0.3, -0.25) is 0 Å². The maximum atomic E-state index is 8.07. The van der Waals surface area contributed by atoms with E-state index in [0.717, 1.165) is 12.7 Å². The van der Waals surface area contributed by atoms with Crippen LogP contribution in [0, 0.1) is 5.31 Å². The van der Waals surface area contributed by atoms with E-state index in [0.29, 0.717) is 5.75 Å². The predicted octanol–water partition coefficient (Wildman–Crippen LogP) is 0.181. The summed E-state index contributed by atoms with van der Waals surface area (Å²) in [5, 5.41) is 14.7. The maximum absolute atomic E-state index is 8.07. The molecule has 0 unspecified atom stereocenters. The summed E-state index contributed by atoms with van der Waals surface area (Å²) in [5.41, 5.74) is 0.717. The van der Waals surface area contributed by atoms with Gasteiger partial charge < -0.3 is 0 Å². The van der Waals surface area contributed by atoms with Crippen LogP contribution in [0.1, 0.15) is 0 Å². The zero-order valence-corrected chi connectivity index (χ0v) is 6.23. The Labute approximate surface area is 71.1 Å². The van der Waals surface area contributed by atoms with E-state index in [1.807, 2.05) is 0 Å². The normalized spacial score (nSPS) is 8.75. The molecule has 59 valence electrons. The second kappa shape index (κ2) is 4.69. The van der Waals surface area contributed by atoms with E-state index < -0.39 is 0 Å². The van der Waals surface area contributed by atoms with E-state index in [1.54, 1.807) is 24.3 Å². The average Bonchev–Trinajstić information content (AvgIpc) is 2.09.